The van der Waals surface area contributed by atoms with E-state index in [1.165, 1.54) is 0 Å². The van der Waals surface area contributed by atoms with Crippen LogP contribution in [0.3, 0.4) is 0 Å². The molecule has 2 atom stereocenters. The molecule has 0 heterocycles. The first-order valence-electron chi connectivity index (χ1n) is 5.93. The molecule has 0 aromatic carbocycles. The molecule has 0 aliphatic rings. The zero-order chi connectivity index (χ0) is 12.9. The van der Waals surface area contributed by atoms with Gasteiger partial charge in [-0.05, 0) is 54.6 Å². The van der Waals surface area contributed by atoms with Crippen LogP contribution in [0.5, 0.6) is 0 Å². The summed E-state index contributed by atoms with van der Waals surface area (Å²) in [7, 11) is 1.97. The molecule has 0 aromatic heterocycles. The first-order valence-corrected chi connectivity index (χ1v) is 5.93. The zero-order valence-electron chi connectivity index (χ0n) is 11.5. The number of nitrogens with two attached hydrogens (primary N) is 1. The largest absolute Gasteiger partial charge is 0.350 e. The van der Waals surface area contributed by atoms with Crippen molar-refractivity contribution in [3.63, 3.8) is 0 Å². The maximum absolute atomic E-state index is 11.9. The van der Waals surface area contributed by atoms with E-state index in [1.807, 2.05) is 34.7 Å². The molecule has 0 aliphatic carbocycles. The quantitative estimate of drug-likeness (QED) is 0.738. The fourth-order valence-electron chi connectivity index (χ4n) is 1.49. The van der Waals surface area contributed by atoms with E-state index in [9.17, 15) is 4.79 Å². The maximum atomic E-state index is 11.9. The molecule has 4 nitrogen and oxygen atoms in total. The lowest BCUT2D eigenvalue weighted by atomic mass is 10.1. The van der Waals surface area contributed by atoms with Crippen LogP contribution in [0.1, 0.15) is 41.0 Å². The highest BCUT2D eigenvalue weighted by molar-refractivity contribution is 5.81. The minimum Gasteiger partial charge on any atom is -0.350 e. The molecule has 0 aromatic rings. The van der Waals surface area contributed by atoms with Crippen molar-refractivity contribution in [3.8, 4) is 0 Å². The number of carbonyl (C=O) groups is 1. The predicted molar refractivity (Wildman–Crippen MR) is 68.3 cm³/mol. The normalized spacial score (nSPS) is 16.0. The number of nitrogens with zero attached hydrogens (tertiary/aromatic N) is 1. The van der Waals surface area contributed by atoms with Gasteiger partial charge in [0.1, 0.15) is 0 Å². The van der Waals surface area contributed by atoms with E-state index in [1.54, 1.807) is 0 Å². The lowest BCUT2D eigenvalue weighted by molar-refractivity contribution is -0.127. The summed E-state index contributed by atoms with van der Waals surface area (Å²) in [6.45, 7) is 10.6. The maximum Gasteiger partial charge on any atom is 0.237 e. The van der Waals surface area contributed by atoms with Gasteiger partial charge in [0.15, 0.2) is 0 Å². The molecule has 0 rings (SSSR count). The Balaban J connectivity index is 4.32. The Kier molecular flexibility index (Phi) is 5.97. The van der Waals surface area contributed by atoms with Crippen molar-refractivity contribution >= 4 is 5.91 Å². The summed E-state index contributed by atoms with van der Waals surface area (Å²) in [5, 5.41) is 2.98. The molecule has 0 spiro atoms. The molecule has 0 radical (unpaired) electrons. The van der Waals surface area contributed by atoms with Crippen molar-refractivity contribution in [3.05, 3.63) is 0 Å². The number of hydrogen-bond donors (Lipinski definition) is 2. The van der Waals surface area contributed by atoms with Crippen LogP contribution in [0.25, 0.3) is 0 Å². The van der Waals surface area contributed by atoms with Gasteiger partial charge >= 0.3 is 0 Å². The molecule has 0 saturated carbocycles. The van der Waals surface area contributed by atoms with Gasteiger partial charge in [-0.25, -0.2) is 0 Å². The fourth-order valence-corrected chi connectivity index (χ4v) is 1.49. The van der Waals surface area contributed by atoms with E-state index < -0.39 is 0 Å². The van der Waals surface area contributed by atoms with Crippen molar-refractivity contribution in [1.82, 2.24) is 10.2 Å². The van der Waals surface area contributed by atoms with Crippen molar-refractivity contribution in [2.75, 3.05) is 13.6 Å². The van der Waals surface area contributed by atoms with E-state index in [4.69, 9.17) is 5.73 Å². The van der Waals surface area contributed by atoms with Gasteiger partial charge in [0, 0.05) is 11.6 Å². The molecule has 16 heavy (non-hydrogen) atoms. The van der Waals surface area contributed by atoms with Crippen LogP contribution in [0.2, 0.25) is 0 Å². The van der Waals surface area contributed by atoms with Crippen LogP contribution < -0.4 is 11.1 Å². The SMILES string of the molecule is CC(CCN)N(C)C(C)C(=O)NC(C)(C)C. The van der Waals surface area contributed by atoms with Gasteiger partial charge in [-0.15, -0.1) is 0 Å². The minimum absolute atomic E-state index is 0.0684. The lowest BCUT2D eigenvalue weighted by Crippen LogP contribution is -2.52. The topological polar surface area (TPSA) is 58.4 Å². The first-order chi connectivity index (χ1) is 7.19. The van der Waals surface area contributed by atoms with Crippen LogP contribution in [0.15, 0.2) is 0 Å². The van der Waals surface area contributed by atoms with Gasteiger partial charge in [-0.1, -0.05) is 0 Å². The third-order valence-electron chi connectivity index (χ3n) is 2.77. The third-order valence-corrected chi connectivity index (χ3v) is 2.77. The first kappa shape index (κ1) is 15.4. The Morgan fingerprint density at radius 2 is 1.88 bits per heavy atom. The van der Waals surface area contributed by atoms with Gasteiger partial charge in [0.2, 0.25) is 5.91 Å². The number of amides is 1. The Morgan fingerprint density at radius 3 is 2.25 bits per heavy atom. The molecule has 0 bridgehead atoms. The predicted octanol–water partition coefficient (Wildman–Crippen LogP) is 0.959. The summed E-state index contributed by atoms with van der Waals surface area (Å²) in [6, 6.07) is 0.200. The molecule has 0 fully saturated rings. The average molecular weight is 229 g/mol. The molecule has 1 amide bonds. The number of likely N-dealkylation sites (N-methyl/N-ethyl adjacent to an activating group) is 1. The Labute approximate surface area is 99.6 Å². The highest BCUT2D eigenvalue weighted by Crippen LogP contribution is 2.07. The number of rotatable bonds is 5. The Morgan fingerprint density at radius 1 is 1.38 bits per heavy atom. The molecule has 3 N–H and O–H groups in total. The zero-order valence-corrected chi connectivity index (χ0v) is 11.5. The van der Waals surface area contributed by atoms with Gasteiger partial charge < -0.3 is 11.1 Å². The smallest absolute Gasteiger partial charge is 0.237 e. The molecule has 0 aliphatic heterocycles. The Hall–Kier alpha value is -0.610. The van der Waals surface area contributed by atoms with Gasteiger partial charge in [-0.2, -0.15) is 0 Å². The minimum atomic E-state index is -0.177. The van der Waals surface area contributed by atoms with Gasteiger partial charge in [-0.3, -0.25) is 9.69 Å². The van der Waals surface area contributed by atoms with E-state index in [0.717, 1.165) is 6.42 Å². The van der Waals surface area contributed by atoms with Crippen molar-refractivity contribution in [2.24, 2.45) is 5.73 Å². The van der Waals surface area contributed by atoms with E-state index in [-0.39, 0.29) is 17.5 Å². The van der Waals surface area contributed by atoms with E-state index >= 15 is 0 Å². The summed E-state index contributed by atoms with van der Waals surface area (Å²) < 4.78 is 0. The summed E-state index contributed by atoms with van der Waals surface area (Å²) in [5.41, 5.74) is 5.34. The lowest BCUT2D eigenvalue weighted by Gasteiger charge is -2.32. The van der Waals surface area contributed by atoms with E-state index in [2.05, 4.69) is 17.1 Å². The molecule has 4 heteroatoms. The van der Waals surface area contributed by atoms with Crippen LogP contribution >= 0.6 is 0 Å². The molecule has 2 unspecified atom stereocenters. The van der Waals surface area contributed by atoms with Crippen LogP contribution in [0.4, 0.5) is 0 Å². The summed E-state index contributed by atoms with van der Waals surface area (Å²) >= 11 is 0. The second-order valence-corrected chi connectivity index (χ2v) is 5.51. The monoisotopic (exact) mass is 229 g/mol. The summed E-state index contributed by atoms with van der Waals surface area (Å²) in [6.07, 6.45) is 0.906. The van der Waals surface area contributed by atoms with Crippen LogP contribution in [-0.4, -0.2) is 42.0 Å². The second kappa shape index (κ2) is 6.21. The van der Waals surface area contributed by atoms with Crippen LogP contribution in [-0.2, 0) is 4.79 Å². The van der Waals surface area contributed by atoms with Crippen molar-refractivity contribution in [1.29, 1.82) is 0 Å². The standard InChI is InChI=1S/C12H27N3O/c1-9(7-8-13)15(6)10(2)11(16)14-12(3,4)5/h9-10H,7-8,13H2,1-6H3,(H,14,16). The van der Waals surface area contributed by atoms with Crippen molar-refractivity contribution < 1.29 is 4.79 Å². The van der Waals surface area contributed by atoms with Gasteiger partial charge in [0.05, 0.1) is 6.04 Å². The van der Waals surface area contributed by atoms with Crippen LogP contribution in [0, 0.1) is 0 Å². The summed E-state index contributed by atoms with van der Waals surface area (Å²) in [5.74, 6) is 0.0684. The molecule has 0 saturated heterocycles. The third kappa shape index (κ3) is 5.47. The highest BCUT2D eigenvalue weighted by atomic mass is 16.2. The summed E-state index contributed by atoms with van der Waals surface area (Å²) in [4.78, 5) is 14.0. The fraction of sp³-hybridized carbons (Fsp3) is 0.917. The number of carbonyl (C=O) groups excluding carboxylic acids is 1. The number of hydrogen-bond acceptors (Lipinski definition) is 3. The Bertz CT molecular complexity index is 223. The molecule has 96 valence electrons. The van der Waals surface area contributed by atoms with Gasteiger partial charge in [0.25, 0.3) is 0 Å². The van der Waals surface area contributed by atoms with Crippen molar-refractivity contribution in [2.45, 2.75) is 58.7 Å². The highest BCUT2D eigenvalue weighted by Gasteiger charge is 2.24. The van der Waals surface area contributed by atoms with E-state index in [0.29, 0.717) is 12.6 Å². The molecular formula is C12H27N3O. The number of nitrogens with one attached hydrogen (secondary N) is 1. The second-order valence-electron chi connectivity index (χ2n) is 5.51. The molecular weight excluding hydrogens is 202 g/mol. The average Bonchev–Trinajstić information content (AvgIpc) is 2.13.